The predicted molar refractivity (Wildman–Crippen MR) is 238 cm³/mol. The van der Waals surface area contributed by atoms with Crippen molar-refractivity contribution < 1.29 is 0 Å². The minimum atomic E-state index is -0.366. The molecular formula is C53H32N2S2. The molecule has 0 saturated heterocycles. The molecule has 0 radical (unpaired) electrons. The molecule has 3 heterocycles. The first kappa shape index (κ1) is 32.6. The minimum Gasteiger partial charge on any atom is -0.228 e. The summed E-state index contributed by atoms with van der Waals surface area (Å²) in [6, 6.07) is 70.7. The number of hydrogen-bond donors (Lipinski definition) is 0. The summed E-state index contributed by atoms with van der Waals surface area (Å²) in [5, 5.41) is 2.58. The topological polar surface area (TPSA) is 25.8 Å². The smallest absolute Gasteiger partial charge is 0.160 e. The zero-order valence-corrected chi connectivity index (χ0v) is 32.3. The molecule has 2 aliphatic rings. The molecule has 0 atom stereocenters. The van der Waals surface area contributed by atoms with Gasteiger partial charge >= 0.3 is 0 Å². The van der Waals surface area contributed by atoms with E-state index >= 15 is 0 Å². The van der Waals surface area contributed by atoms with Crippen LogP contribution in [0.25, 0.3) is 76.3 Å². The Balaban J connectivity index is 0.953. The fourth-order valence-electron chi connectivity index (χ4n) is 9.22. The van der Waals surface area contributed by atoms with E-state index in [1.165, 1.54) is 74.5 Å². The van der Waals surface area contributed by atoms with Crippen molar-refractivity contribution in [3.05, 3.63) is 216 Å². The van der Waals surface area contributed by atoms with Crippen LogP contribution < -0.4 is 0 Å². The van der Waals surface area contributed by atoms with Crippen molar-refractivity contribution in [3.63, 3.8) is 0 Å². The van der Waals surface area contributed by atoms with Crippen molar-refractivity contribution in [2.24, 2.45) is 0 Å². The Hall–Kier alpha value is -6.59. The summed E-state index contributed by atoms with van der Waals surface area (Å²) in [5.74, 6) is 0.722. The first-order valence-electron chi connectivity index (χ1n) is 19.3. The number of hydrogen-bond acceptors (Lipinski definition) is 4. The summed E-state index contributed by atoms with van der Waals surface area (Å²) in [5.41, 5.74) is 15.1. The first-order valence-corrected chi connectivity index (χ1v) is 20.9. The summed E-state index contributed by atoms with van der Waals surface area (Å²) in [6.07, 6.45) is 0. The molecule has 8 aromatic carbocycles. The number of fused-ring (bicyclic) bond motifs is 12. The maximum atomic E-state index is 5.14. The molecule has 0 amide bonds. The van der Waals surface area contributed by atoms with E-state index in [-0.39, 0.29) is 5.41 Å². The molecular weight excluding hydrogens is 729 g/mol. The molecule has 0 N–H and O–H groups in total. The van der Waals surface area contributed by atoms with Crippen LogP contribution in [0.2, 0.25) is 0 Å². The van der Waals surface area contributed by atoms with Gasteiger partial charge < -0.3 is 0 Å². The monoisotopic (exact) mass is 760 g/mol. The van der Waals surface area contributed by atoms with Gasteiger partial charge in [0.05, 0.1) is 16.8 Å². The molecule has 2 aromatic heterocycles. The van der Waals surface area contributed by atoms with Crippen LogP contribution in [0.5, 0.6) is 0 Å². The Bertz CT molecular complexity index is 3170. The van der Waals surface area contributed by atoms with Crippen molar-refractivity contribution in [1.82, 2.24) is 9.97 Å². The minimum absolute atomic E-state index is 0.366. The van der Waals surface area contributed by atoms with Crippen LogP contribution in [0.4, 0.5) is 0 Å². The lowest BCUT2D eigenvalue weighted by atomic mass is 9.67. The second kappa shape index (κ2) is 12.7. The van der Waals surface area contributed by atoms with E-state index in [1.807, 2.05) is 41.3 Å². The van der Waals surface area contributed by atoms with E-state index in [0.717, 1.165) is 33.9 Å². The van der Waals surface area contributed by atoms with Gasteiger partial charge in [-0.2, -0.15) is 0 Å². The molecule has 0 unspecified atom stereocenters. The third-order valence-corrected chi connectivity index (χ3v) is 14.1. The van der Waals surface area contributed by atoms with Crippen LogP contribution in [-0.2, 0) is 5.41 Å². The molecule has 10 aromatic rings. The van der Waals surface area contributed by atoms with Gasteiger partial charge in [-0.05, 0) is 74.8 Å². The predicted octanol–water partition coefficient (Wildman–Crippen LogP) is 14.3. The Morgan fingerprint density at radius 2 is 0.930 bits per heavy atom. The lowest BCUT2D eigenvalue weighted by Gasteiger charge is -2.39. The van der Waals surface area contributed by atoms with E-state index in [9.17, 15) is 0 Å². The molecule has 4 heteroatoms. The van der Waals surface area contributed by atoms with Gasteiger partial charge in [0.25, 0.3) is 0 Å². The number of nitrogens with zero attached hydrogens (tertiary/aromatic N) is 2. The van der Waals surface area contributed by atoms with Crippen molar-refractivity contribution in [3.8, 4) is 56.2 Å². The quantitative estimate of drug-likeness (QED) is 0.179. The van der Waals surface area contributed by atoms with Crippen LogP contribution in [0, 0.1) is 0 Å². The molecule has 0 bridgehead atoms. The van der Waals surface area contributed by atoms with E-state index in [4.69, 9.17) is 9.97 Å². The Morgan fingerprint density at radius 1 is 0.351 bits per heavy atom. The van der Waals surface area contributed by atoms with E-state index in [2.05, 4.69) is 176 Å². The van der Waals surface area contributed by atoms with Gasteiger partial charge in [0.15, 0.2) is 5.82 Å². The third-order valence-electron chi connectivity index (χ3n) is 11.8. The molecule has 1 aliphatic carbocycles. The second-order valence-electron chi connectivity index (χ2n) is 14.9. The van der Waals surface area contributed by atoms with Gasteiger partial charge in [0.2, 0.25) is 0 Å². The third kappa shape index (κ3) is 4.98. The second-order valence-corrected chi connectivity index (χ2v) is 17.0. The molecule has 0 saturated carbocycles. The zero-order valence-electron chi connectivity index (χ0n) is 30.7. The molecule has 1 spiro atoms. The summed E-state index contributed by atoms with van der Waals surface area (Å²) >= 11 is 3.72. The lowest BCUT2D eigenvalue weighted by molar-refractivity contribution is 0.722. The highest BCUT2D eigenvalue weighted by atomic mass is 32.2. The standard InChI is InChI=1S/C53H32N2S2/c1-2-12-35(13-3-1)52-54-46(32-47(55-52)37-26-28-41-40-16-6-10-20-48(40)56-50(41)31-37)34-24-22-33(23-25-34)36-27-29-45-51(30-36)57-49-21-11-9-19-44(49)53(45)42-17-7-4-14-38(42)39-15-5-8-18-43(39)53/h1-32H. The number of aromatic nitrogens is 2. The van der Waals surface area contributed by atoms with Crippen LogP contribution in [0.1, 0.15) is 22.3 Å². The highest BCUT2D eigenvalue weighted by molar-refractivity contribution is 7.99. The van der Waals surface area contributed by atoms with Gasteiger partial charge in [-0.3, -0.25) is 0 Å². The van der Waals surface area contributed by atoms with Gasteiger partial charge in [-0.25, -0.2) is 9.97 Å². The van der Waals surface area contributed by atoms with Crippen molar-refractivity contribution in [1.29, 1.82) is 0 Å². The number of benzene rings is 8. The van der Waals surface area contributed by atoms with E-state index in [1.54, 1.807) is 0 Å². The normalized spacial score (nSPS) is 13.3. The number of thiophene rings is 1. The van der Waals surface area contributed by atoms with Gasteiger partial charge in [-0.15, -0.1) is 11.3 Å². The highest BCUT2D eigenvalue weighted by Crippen LogP contribution is 2.62. The maximum absolute atomic E-state index is 5.14. The molecule has 12 rings (SSSR count). The maximum Gasteiger partial charge on any atom is 0.160 e. The summed E-state index contributed by atoms with van der Waals surface area (Å²) < 4.78 is 2.56. The summed E-state index contributed by atoms with van der Waals surface area (Å²) in [6.45, 7) is 0. The van der Waals surface area contributed by atoms with Crippen LogP contribution in [-0.4, -0.2) is 9.97 Å². The fraction of sp³-hybridized carbons (Fsp3) is 0.0189. The lowest BCUT2D eigenvalue weighted by Crippen LogP contribution is -2.31. The van der Waals surface area contributed by atoms with Gasteiger partial charge in [-0.1, -0.05) is 176 Å². The van der Waals surface area contributed by atoms with Crippen molar-refractivity contribution >= 4 is 43.3 Å². The van der Waals surface area contributed by atoms with Gasteiger partial charge in [0, 0.05) is 46.7 Å². The Morgan fingerprint density at radius 3 is 1.72 bits per heavy atom. The highest BCUT2D eigenvalue weighted by Gasteiger charge is 2.50. The molecule has 0 fully saturated rings. The Kier molecular flexibility index (Phi) is 7.28. The average Bonchev–Trinajstić information content (AvgIpc) is 3.80. The van der Waals surface area contributed by atoms with Gasteiger partial charge in [0.1, 0.15) is 0 Å². The molecule has 1 aliphatic heterocycles. The number of rotatable bonds is 4. The average molecular weight is 761 g/mol. The Labute approximate surface area is 339 Å². The fourth-order valence-corrected chi connectivity index (χ4v) is 11.6. The largest absolute Gasteiger partial charge is 0.228 e. The summed E-state index contributed by atoms with van der Waals surface area (Å²) in [4.78, 5) is 12.9. The van der Waals surface area contributed by atoms with Crippen LogP contribution >= 0.6 is 23.1 Å². The zero-order chi connectivity index (χ0) is 37.5. The van der Waals surface area contributed by atoms with Crippen molar-refractivity contribution in [2.45, 2.75) is 15.2 Å². The molecule has 2 nitrogen and oxygen atoms in total. The first-order chi connectivity index (χ1) is 28.2. The van der Waals surface area contributed by atoms with E-state index < -0.39 is 0 Å². The summed E-state index contributed by atoms with van der Waals surface area (Å²) in [7, 11) is 0. The van der Waals surface area contributed by atoms with Crippen molar-refractivity contribution in [2.75, 3.05) is 0 Å². The van der Waals surface area contributed by atoms with Crippen LogP contribution in [0.3, 0.4) is 0 Å². The SMILES string of the molecule is c1ccc(-c2nc(-c3ccc(-c4ccc5c(c4)Sc4ccccc4C54c5ccccc5-c5ccccc54)cc3)cc(-c3ccc4c(c3)sc3ccccc34)n2)cc1. The molecule has 57 heavy (non-hydrogen) atoms. The van der Waals surface area contributed by atoms with Crippen LogP contribution in [0.15, 0.2) is 204 Å². The molecule has 266 valence electrons. The van der Waals surface area contributed by atoms with E-state index in [0.29, 0.717) is 0 Å².